The molecule has 0 bridgehead atoms. The highest BCUT2D eigenvalue weighted by Crippen LogP contribution is 2.40. The van der Waals surface area contributed by atoms with E-state index in [2.05, 4.69) is 6.92 Å². The van der Waals surface area contributed by atoms with Gasteiger partial charge in [-0.15, -0.1) is 0 Å². The van der Waals surface area contributed by atoms with Gasteiger partial charge in [-0.2, -0.15) is 0 Å². The third kappa shape index (κ3) is 2.52. The van der Waals surface area contributed by atoms with Crippen LogP contribution < -0.4 is 0 Å². The van der Waals surface area contributed by atoms with Crippen LogP contribution in [0.2, 0.25) is 0 Å². The highest BCUT2D eigenvalue weighted by atomic mass is 16.4. The fraction of sp³-hybridized carbons (Fsp3) is 0.857. The highest BCUT2D eigenvalue weighted by molar-refractivity contribution is 5.85. The van der Waals surface area contributed by atoms with E-state index in [0.29, 0.717) is 12.8 Å². The van der Waals surface area contributed by atoms with E-state index < -0.39 is 11.4 Å². The quantitative estimate of drug-likeness (QED) is 0.840. The second kappa shape index (κ2) is 5.29. The molecule has 0 aromatic heterocycles. The average molecular weight is 253 g/mol. The van der Waals surface area contributed by atoms with Gasteiger partial charge >= 0.3 is 5.97 Å². The van der Waals surface area contributed by atoms with Crippen LogP contribution in [-0.4, -0.2) is 34.5 Å². The van der Waals surface area contributed by atoms with Crippen molar-refractivity contribution >= 4 is 11.9 Å². The average Bonchev–Trinajstić information content (AvgIpc) is 2.76. The van der Waals surface area contributed by atoms with Crippen LogP contribution >= 0.6 is 0 Å². The zero-order valence-electron chi connectivity index (χ0n) is 11.2. The number of carbonyl (C=O) groups excluding carboxylic acids is 1. The van der Waals surface area contributed by atoms with Crippen molar-refractivity contribution in [1.29, 1.82) is 0 Å². The van der Waals surface area contributed by atoms with Crippen molar-refractivity contribution < 1.29 is 14.7 Å². The van der Waals surface area contributed by atoms with Crippen LogP contribution in [0.1, 0.15) is 58.3 Å². The third-order valence-electron chi connectivity index (χ3n) is 4.63. The van der Waals surface area contributed by atoms with Crippen molar-refractivity contribution in [2.75, 3.05) is 6.54 Å². The second-order valence-corrected chi connectivity index (χ2v) is 5.90. The van der Waals surface area contributed by atoms with Crippen LogP contribution in [0.4, 0.5) is 0 Å². The smallest absolute Gasteiger partial charge is 0.310 e. The zero-order chi connectivity index (χ0) is 13.2. The standard InChI is InChI=1S/C14H23NO3/c1-11-6-5-9-15(11)12(16)10-14(13(17)18)7-3-2-4-8-14/h11H,2-10H2,1H3,(H,17,18). The molecule has 1 saturated heterocycles. The lowest BCUT2D eigenvalue weighted by Crippen LogP contribution is -2.42. The normalized spacial score (nSPS) is 27.2. The Hall–Kier alpha value is -1.06. The fourth-order valence-corrected chi connectivity index (χ4v) is 3.39. The molecule has 1 aliphatic heterocycles. The highest BCUT2D eigenvalue weighted by Gasteiger charge is 2.43. The lowest BCUT2D eigenvalue weighted by atomic mass is 9.71. The monoisotopic (exact) mass is 253 g/mol. The van der Waals surface area contributed by atoms with Gasteiger partial charge in [0.2, 0.25) is 5.91 Å². The molecule has 0 aromatic rings. The summed E-state index contributed by atoms with van der Waals surface area (Å²) in [6, 6.07) is 0.284. The van der Waals surface area contributed by atoms with Gasteiger partial charge in [0, 0.05) is 19.0 Å². The van der Waals surface area contributed by atoms with Gasteiger partial charge in [-0.05, 0) is 32.6 Å². The Morgan fingerprint density at radius 3 is 2.39 bits per heavy atom. The minimum absolute atomic E-state index is 0.0456. The predicted octanol–water partition coefficient (Wildman–Crippen LogP) is 2.42. The van der Waals surface area contributed by atoms with Gasteiger partial charge in [0.15, 0.2) is 0 Å². The minimum atomic E-state index is -0.780. The molecule has 2 rings (SSSR count). The molecule has 2 aliphatic rings. The molecule has 1 atom stereocenters. The molecular formula is C14H23NO3. The van der Waals surface area contributed by atoms with Gasteiger partial charge in [-0.3, -0.25) is 9.59 Å². The lowest BCUT2D eigenvalue weighted by molar-refractivity contribution is -0.156. The first-order chi connectivity index (χ1) is 8.55. The SMILES string of the molecule is CC1CCCN1C(=O)CC1(C(=O)O)CCCCC1. The van der Waals surface area contributed by atoms with Crippen molar-refractivity contribution in [3.05, 3.63) is 0 Å². The zero-order valence-corrected chi connectivity index (χ0v) is 11.2. The molecular weight excluding hydrogens is 230 g/mol. The Balaban J connectivity index is 2.04. The van der Waals surface area contributed by atoms with Crippen LogP contribution in [0.25, 0.3) is 0 Å². The second-order valence-electron chi connectivity index (χ2n) is 5.90. The lowest BCUT2D eigenvalue weighted by Gasteiger charge is -2.34. The summed E-state index contributed by atoms with van der Waals surface area (Å²) in [6.45, 7) is 2.86. The summed E-state index contributed by atoms with van der Waals surface area (Å²) < 4.78 is 0. The summed E-state index contributed by atoms with van der Waals surface area (Å²) in [7, 11) is 0. The maximum atomic E-state index is 12.3. The number of likely N-dealkylation sites (tertiary alicyclic amines) is 1. The van der Waals surface area contributed by atoms with Crippen molar-refractivity contribution in [2.24, 2.45) is 5.41 Å². The van der Waals surface area contributed by atoms with E-state index >= 15 is 0 Å². The summed E-state index contributed by atoms with van der Waals surface area (Å²) >= 11 is 0. The minimum Gasteiger partial charge on any atom is -0.481 e. The number of rotatable bonds is 3. The summed E-state index contributed by atoms with van der Waals surface area (Å²) in [4.78, 5) is 25.7. The van der Waals surface area contributed by atoms with Gasteiger partial charge in [0.25, 0.3) is 0 Å². The molecule has 0 spiro atoms. The first kappa shape index (κ1) is 13.4. The van der Waals surface area contributed by atoms with Crippen molar-refractivity contribution in [2.45, 2.75) is 64.3 Å². The predicted molar refractivity (Wildman–Crippen MR) is 68.2 cm³/mol. The molecule has 1 N–H and O–H groups in total. The van der Waals surface area contributed by atoms with E-state index in [1.54, 1.807) is 0 Å². The molecule has 0 radical (unpaired) electrons. The Bertz CT molecular complexity index is 334. The Morgan fingerprint density at radius 1 is 1.22 bits per heavy atom. The number of amides is 1. The molecule has 4 nitrogen and oxygen atoms in total. The molecule has 18 heavy (non-hydrogen) atoms. The van der Waals surface area contributed by atoms with E-state index in [0.717, 1.165) is 38.6 Å². The van der Waals surface area contributed by atoms with Gasteiger partial charge in [0.05, 0.1) is 5.41 Å². The van der Waals surface area contributed by atoms with E-state index in [-0.39, 0.29) is 18.4 Å². The molecule has 102 valence electrons. The van der Waals surface area contributed by atoms with Crippen molar-refractivity contribution in [1.82, 2.24) is 4.90 Å². The van der Waals surface area contributed by atoms with Gasteiger partial charge in [-0.1, -0.05) is 19.3 Å². The molecule has 1 amide bonds. The largest absolute Gasteiger partial charge is 0.481 e. The molecule has 1 unspecified atom stereocenters. The van der Waals surface area contributed by atoms with Crippen molar-refractivity contribution in [3.63, 3.8) is 0 Å². The van der Waals surface area contributed by atoms with Crippen LogP contribution in [0.5, 0.6) is 0 Å². The number of carboxylic acid groups (broad SMARTS) is 1. The van der Waals surface area contributed by atoms with Crippen LogP contribution in [0, 0.1) is 5.41 Å². The molecule has 4 heteroatoms. The molecule has 1 heterocycles. The van der Waals surface area contributed by atoms with E-state index in [1.165, 1.54) is 0 Å². The Morgan fingerprint density at radius 2 is 1.89 bits per heavy atom. The Kier molecular flexibility index (Phi) is 3.93. The topological polar surface area (TPSA) is 57.6 Å². The number of hydrogen-bond donors (Lipinski definition) is 1. The van der Waals surface area contributed by atoms with Gasteiger partial charge in [0.1, 0.15) is 0 Å². The van der Waals surface area contributed by atoms with Crippen molar-refractivity contribution in [3.8, 4) is 0 Å². The number of aliphatic carboxylic acids is 1. The van der Waals surface area contributed by atoms with E-state index in [4.69, 9.17) is 0 Å². The third-order valence-corrected chi connectivity index (χ3v) is 4.63. The Labute approximate surface area is 108 Å². The number of nitrogens with zero attached hydrogens (tertiary/aromatic N) is 1. The van der Waals surface area contributed by atoms with Crippen LogP contribution in [0.3, 0.4) is 0 Å². The van der Waals surface area contributed by atoms with Crippen LogP contribution in [0.15, 0.2) is 0 Å². The maximum absolute atomic E-state index is 12.3. The van der Waals surface area contributed by atoms with Crippen LogP contribution in [-0.2, 0) is 9.59 Å². The van der Waals surface area contributed by atoms with Gasteiger partial charge < -0.3 is 10.0 Å². The molecule has 0 aromatic carbocycles. The number of carboxylic acids is 1. The van der Waals surface area contributed by atoms with E-state index in [9.17, 15) is 14.7 Å². The first-order valence-corrected chi connectivity index (χ1v) is 7.08. The molecule has 2 fully saturated rings. The summed E-state index contributed by atoms with van der Waals surface area (Å²) in [5.41, 5.74) is -0.780. The first-order valence-electron chi connectivity index (χ1n) is 7.08. The molecule has 1 saturated carbocycles. The summed E-state index contributed by atoms with van der Waals surface area (Å²) in [5, 5.41) is 9.48. The molecule has 1 aliphatic carbocycles. The summed E-state index contributed by atoms with van der Waals surface area (Å²) in [5.74, 6) is -0.730. The fourth-order valence-electron chi connectivity index (χ4n) is 3.39. The number of carbonyl (C=O) groups is 2. The maximum Gasteiger partial charge on any atom is 0.310 e. The van der Waals surface area contributed by atoms with Gasteiger partial charge in [-0.25, -0.2) is 0 Å². The summed E-state index contributed by atoms with van der Waals surface area (Å²) in [6.07, 6.45) is 6.60. The van der Waals surface area contributed by atoms with E-state index in [1.807, 2.05) is 4.90 Å². The number of hydrogen-bond acceptors (Lipinski definition) is 2.